The zero-order valence-electron chi connectivity index (χ0n) is 15.1. The number of nitrogens with one attached hydrogen (secondary N) is 1. The van der Waals surface area contributed by atoms with Crippen molar-refractivity contribution in [1.29, 1.82) is 0 Å². The number of aromatic nitrogens is 1. The van der Waals surface area contributed by atoms with Crippen molar-refractivity contribution in [1.82, 2.24) is 4.98 Å². The van der Waals surface area contributed by atoms with E-state index in [0.717, 1.165) is 12.3 Å². The SMILES string of the molecule is COc1ccc(NC(=O)C2CCN(c3ccc(C(F)(F)F)cn3)CC2)cc1Cl. The highest BCUT2D eigenvalue weighted by Crippen LogP contribution is 2.31. The first-order valence-corrected chi connectivity index (χ1v) is 9.08. The lowest BCUT2D eigenvalue weighted by Crippen LogP contribution is -2.38. The maximum absolute atomic E-state index is 12.6. The molecule has 1 aliphatic heterocycles. The molecule has 0 spiro atoms. The van der Waals surface area contributed by atoms with E-state index in [1.54, 1.807) is 18.2 Å². The van der Waals surface area contributed by atoms with Gasteiger partial charge in [0.25, 0.3) is 0 Å². The molecule has 1 aliphatic rings. The Hall–Kier alpha value is -2.48. The van der Waals surface area contributed by atoms with Crippen molar-refractivity contribution in [3.05, 3.63) is 47.1 Å². The predicted octanol–water partition coefficient (Wildman–Crippen LogP) is 4.62. The summed E-state index contributed by atoms with van der Waals surface area (Å²) in [4.78, 5) is 18.3. The van der Waals surface area contributed by atoms with Gasteiger partial charge in [0.05, 0.1) is 17.7 Å². The van der Waals surface area contributed by atoms with Crippen molar-refractivity contribution < 1.29 is 22.7 Å². The summed E-state index contributed by atoms with van der Waals surface area (Å²) >= 11 is 6.06. The molecular formula is C19H19ClF3N3O2. The van der Waals surface area contributed by atoms with Gasteiger partial charge in [-0.15, -0.1) is 0 Å². The van der Waals surface area contributed by atoms with E-state index in [0.29, 0.717) is 48.2 Å². The van der Waals surface area contributed by atoms with Crippen LogP contribution in [0, 0.1) is 5.92 Å². The number of nitrogens with zero attached hydrogens (tertiary/aromatic N) is 2. The van der Waals surface area contributed by atoms with Crippen molar-refractivity contribution in [2.24, 2.45) is 5.92 Å². The lowest BCUT2D eigenvalue weighted by Gasteiger charge is -2.32. The van der Waals surface area contributed by atoms with Crippen LogP contribution in [0.25, 0.3) is 0 Å². The van der Waals surface area contributed by atoms with E-state index >= 15 is 0 Å². The smallest absolute Gasteiger partial charge is 0.417 e. The van der Waals surface area contributed by atoms with Crippen LogP contribution < -0.4 is 15.0 Å². The van der Waals surface area contributed by atoms with Crippen LogP contribution in [0.2, 0.25) is 5.02 Å². The van der Waals surface area contributed by atoms with E-state index in [2.05, 4.69) is 10.3 Å². The molecule has 150 valence electrons. The molecule has 0 unspecified atom stereocenters. The first-order valence-electron chi connectivity index (χ1n) is 8.70. The van der Waals surface area contributed by atoms with Gasteiger partial charge in [0.1, 0.15) is 11.6 Å². The van der Waals surface area contributed by atoms with E-state index in [-0.39, 0.29) is 11.8 Å². The Bertz CT molecular complexity index is 835. The Labute approximate surface area is 165 Å². The number of ether oxygens (including phenoxy) is 1. The molecule has 0 atom stereocenters. The second kappa shape index (κ2) is 8.26. The molecule has 0 bridgehead atoms. The summed E-state index contributed by atoms with van der Waals surface area (Å²) in [5.74, 6) is 0.707. The number of hydrogen-bond acceptors (Lipinski definition) is 4. The summed E-state index contributed by atoms with van der Waals surface area (Å²) in [7, 11) is 1.51. The lowest BCUT2D eigenvalue weighted by atomic mass is 9.95. The number of amides is 1. The molecule has 2 heterocycles. The van der Waals surface area contributed by atoms with Gasteiger partial charge in [0, 0.05) is 30.9 Å². The topological polar surface area (TPSA) is 54.5 Å². The molecular weight excluding hydrogens is 395 g/mol. The van der Waals surface area contributed by atoms with Gasteiger partial charge >= 0.3 is 6.18 Å². The number of methoxy groups -OCH3 is 1. The highest BCUT2D eigenvalue weighted by Gasteiger charge is 2.31. The Morgan fingerprint density at radius 3 is 2.50 bits per heavy atom. The van der Waals surface area contributed by atoms with Crippen LogP contribution in [0.3, 0.4) is 0 Å². The molecule has 1 N–H and O–H groups in total. The molecule has 28 heavy (non-hydrogen) atoms. The number of pyridine rings is 1. The fourth-order valence-corrected chi connectivity index (χ4v) is 3.36. The Kier molecular flexibility index (Phi) is 5.98. The Morgan fingerprint density at radius 1 is 1.25 bits per heavy atom. The van der Waals surface area contributed by atoms with Gasteiger partial charge in [0.2, 0.25) is 5.91 Å². The van der Waals surface area contributed by atoms with Crippen LogP contribution in [0.5, 0.6) is 5.75 Å². The molecule has 1 amide bonds. The largest absolute Gasteiger partial charge is 0.495 e. The van der Waals surface area contributed by atoms with E-state index in [1.807, 2.05) is 4.90 Å². The van der Waals surface area contributed by atoms with Crippen molar-refractivity contribution in [3.63, 3.8) is 0 Å². The van der Waals surface area contributed by atoms with Crippen LogP contribution in [0.1, 0.15) is 18.4 Å². The first kappa shape index (κ1) is 20.3. The number of alkyl halides is 3. The molecule has 1 aromatic carbocycles. The Balaban J connectivity index is 1.56. The molecule has 1 aromatic heterocycles. The molecule has 0 aliphatic carbocycles. The summed E-state index contributed by atoms with van der Waals surface area (Å²) in [6, 6.07) is 7.40. The summed E-state index contributed by atoms with van der Waals surface area (Å²) in [6.07, 6.45) is -2.40. The minimum Gasteiger partial charge on any atom is -0.495 e. The van der Waals surface area contributed by atoms with Crippen LogP contribution in [-0.4, -0.2) is 31.1 Å². The van der Waals surface area contributed by atoms with Crippen LogP contribution in [0.15, 0.2) is 36.5 Å². The third-order valence-electron chi connectivity index (χ3n) is 4.68. The zero-order valence-corrected chi connectivity index (χ0v) is 15.8. The molecule has 2 aromatic rings. The molecule has 0 saturated carbocycles. The predicted molar refractivity (Wildman–Crippen MR) is 101 cm³/mol. The monoisotopic (exact) mass is 413 g/mol. The van der Waals surface area contributed by atoms with Gasteiger partial charge in [0.15, 0.2) is 0 Å². The highest BCUT2D eigenvalue weighted by atomic mass is 35.5. The van der Waals surface area contributed by atoms with Crippen molar-refractivity contribution in [3.8, 4) is 5.75 Å². The van der Waals surface area contributed by atoms with Crippen molar-refractivity contribution >= 4 is 29.0 Å². The normalized spacial score (nSPS) is 15.4. The van der Waals surface area contributed by atoms with E-state index < -0.39 is 11.7 Å². The maximum atomic E-state index is 12.6. The fraction of sp³-hybridized carbons (Fsp3) is 0.368. The molecule has 5 nitrogen and oxygen atoms in total. The molecule has 0 radical (unpaired) electrons. The second-order valence-corrected chi connectivity index (χ2v) is 6.91. The highest BCUT2D eigenvalue weighted by molar-refractivity contribution is 6.32. The third kappa shape index (κ3) is 4.67. The summed E-state index contributed by atoms with van der Waals surface area (Å²) in [5.41, 5.74) is -0.189. The van der Waals surface area contributed by atoms with E-state index in [1.165, 1.54) is 13.2 Å². The molecule has 3 rings (SSSR count). The third-order valence-corrected chi connectivity index (χ3v) is 4.98. The van der Waals surface area contributed by atoms with Gasteiger partial charge in [-0.05, 0) is 43.2 Å². The number of rotatable bonds is 4. The number of carbonyl (C=O) groups excluding carboxylic acids is 1. The van der Waals surface area contributed by atoms with Crippen LogP contribution >= 0.6 is 11.6 Å². The van der Waals surface area contributed by atoms with Gasteiger partial charge in [-0.1, -0.05) is 11.6 Å². The van der Waals surface area contributed by atoms with Gasteiger partial charge in [-0.3, -0.25) is 4.79 Å². The second-order valence-electron chi connectivity index (χ2n) is 6.50. The average molecular weight is 414 g/mol. The van der Waals surface area contributed by atoms with E-state index in [9.17, 15) is 18.0 Å². The number of benzene rings is 1. The lowest BCUT2D eigenvalue weighted by molar-refractivity contribution is -0.137. The molecule has 9 heteroatoms. The van der Waals surface area contributed by atoms with E-state index in [4.69, 9.17) is 16.3 Å². The number of anilines is 2. The fourth-order valence-electron chi connectivity index (χ4n) is 3.10. The quantitative estimate of drug-likeness (QED) is 0.794. The van der Waals surface area contributed by atoms with Crippen molar-refractivity contribution in [2.75, 3.05) is 30.4 Å². The van der Waals surface area contributed by atoms with Gasteiger partial charge in [-0.25, -0.2) is 4.98 Å². The Morgan fingerprint density at radius 2 is 1.96 bits per heavy atom. The molecule has 1 saturated heterocycles. The zero-order chi connectivity index (χ0) is 20.3. The summed E-state index contributed by atoms with van der Waals surface area (Å²) in [5, 5.41) is 3.25. The number of halogens is 4. The van der Waals surface area contributed by atoms with Crippen molar-refractivity contribution in [2.45, 2.75) is 19.0 Å². The minimum atomic E-state index is -4.40. The maximum Gasteiger partial charge on any atom is 0.417 e. The summed E-state index contributed by atoms with van der Waals surface area (Å²) < 4.78 is 43.0. The minimum absolute atomic E-state index is 0.110. The number of piperidine rings is 1. The standard InChI is InChI=1S/C19H19ClF3N3O2/c1-28-16-4-3-14(10-15(16)20)25-18(27)12-6-8-26(9-7-12)17-5-2-13(11-24-17)19(21,22)23/h2-5,10-12H,6-9H2,1H3,(H,25,27). The average Bonchev–Trinajstić information content (AvgIpc) is 2.68. The number of carbonyl (C=O) groups is 1. The van der Waals surface area contributed by atoms with Crippen LogP contribution in [0.4, 0.5) is 24.7 Å². The van der Waals surface area contributed by atoms with Gasteiger partial charge in [-0.2, -0.15) is 13.2 Å². The molecule has 1 fully saturated rings. The summed E-state index contributed by atoms with van der Waals surface area (Å²) in [6.45, 7) is 1.08. The first-order chi connectivity index (χ1) is 13.3. The number of hydrogen-bond donors (Lipinski definition) is 1. The van der Waals surface area contributed by atoms with Gasteiger partial charge < -0.3 is 15.0 Å². The van der Waals surface area contributed by atoms with Crippen LogP contribution in [-0.2, 0) is 11.0 Å².